The summed E-state index contributed by atoms with van der Waals surface area (Å²) in [5, 5.41) is 5.17. The van der Waals surface area contributed by atoms with Crippen LogP contribution in [0.25, 0.3) is 6.08 Å². The fourth-order valence-electron chi connectivity index (χ4n) is 3.03. The van der Waals surface area contributed by atoms with Crippen molar-refractivity contribution in [3.8, 4) is 23.8 Å². The summed E-state index contributed by atoms with van der Waals surface area (Å²) >= 11 is 3.39. The van der Waals surface area contributed by atoms with Gasteiger partial charge in [-0.15, -0.1) is 6.42 Å². The van der Waals surface area contributed by atoms with Gasteiger partial charge in [0, 0.05) is 5.69 Å². The summed E-state index contributed by atoms with van der Waals surface area (Å²) < 4.78 is 11.4. The molecule has 0 spiro atoms. The molecule has 9 heteroatoms. The molecule has 4 amide bonds. The third-order valence-corrected chi connectivity index (χ3v) is 5.02. The fraction of sp³-hybridized carbons (Fsp3) is 0.174. The van der Waals surface area contributed by atoms with Gasteiger partial charge in [-0.25, -0.2) is 9.69 Å². The molecule has 1 heterocycles. The van der Waals surface area contributed by atoms with Crippen molar-refractivity contribution in [1.29, 1.82) is 0 Å². The van der Waals surface area contributed by atoms with Crippen LogP contribution in [0.4, 0.5) is 10.5 Å². The lowest BCUT2D eigenvalue weighted by Gasteiger charge is -2.12. The van der Waals surface area contributed by atoms with Crippen LogP contribution in [-0.4, -0.2) is 43.0 Å². The van der Waals surface area contributed by atoms with Crippen molar-refractivity contribution >= 4 is 45.5 Å². The maximum absolute atomic E-state index is 12.7. The maximum atomic E-state index is 12.7. The summed E-state index contributed by atoms with van der Waals surface area (Å²) in [4.78, 5) is 38.2. The largest absolute Gasteiger partial charge is 0.493 e. The van der Waals surface area contributed by atoms with E-state index in [9.17, 15) is 14.4 Å². The van der Waals surface area contributed by atoms with E-state index in [4.69, 9.17) is 15.9 Å². The number of hydrogen-bond donors (Lipinski definition) is 2. The number of ether oxygens (including phenoxy) is 2. The van der Waals surface area contributed by atoms with Crippen LogP contribution in [0.5, 0.6) is 11.5 Å². The molecule has 1 aliphatic heterocycles. The number of benzene rings is 2. The number of carbonyl (C=O) groups is 3. The number of imide groups is 1. The van der Waals surface area contributed by atoms with Gasteiger partial charge in [0.1, 0.15) is 18.8 Å². The van der Waals surface area contributed by atoms with Gasteiger partial charge in [-0.1, -0.05) is 18.1 Å². The Hall–Kier alpha value is -3.77. The van der Waals surface area contributed by atoms with Crippen molar-refractivity contribution < 1.29 is 23.9 Å². The zero-order valence-electron chi connectivity index (χ0n) is 17.4. The van der Waals surface area contributed by atoms with E-state index in [-0.39, 0.29) is 12.3 Å². The van der Waals surface area contributed by atoms with Crippen LogP contribution in [0.2, 0.25) is 0 Å². The van der Waals surface area contributed by atoms with E-state index in [2.05, 4.69) is 32.5 Å². The molecule has 3 rings (SSSR count). The summed E-state index contributed by atoms with van der Waals surface area (Å²) in [5.41, 5.74) is 2.16. The SMILES string of the molecule is C#CCOc1c(Br)cc(/C=C2/NC(=O)N(CC(=O)Nc3cccc(C)c3)C2=O)cc1OC. The quantitative estimate of drug-likeness (QED) is 0.347. The fourth-order valence-corrected chi connectivity index (χ4v) is 3.60. The predicted octanol–water partition coefficient (Wildman–Crippen LogP) is 3.31. The van der Waals surface area contributed by atoms with E-state index in [1.54, 1.807) is 30.3 Å². The predicted molar refractivity (Wildman–Crippen MR) is 123 cm³/mol. The minimum absolute atomic E-state index is 0.0320. The molecular formula is C23H20BrN3O5. The van der Waals surface area contributed by atoms with Gasteiger partial charge in [0.05, 0.1) is 11.6 Å². The van der Waals surface area contributed by atoms with E-state index >= 15 is 0 Å². The van der Waals surface area contributed by atoms with Crippen molar-refractivity contribution in [3.63, 3.8) is 0 Å². The molecule has 2 aromatic carbocycles. The van der Waals surface area contributed by atoms with Crippen molar-refractivity contribution in [1.82, 2.24) is 10.2 Å². The molecule has 164 valence electrons. The molecule has 1 saturated heterocycles. The molecule has 0 radical (unpaired) electrons. The number of hydrogen-bond acceptors (Lipinski definition) is 5. The average molecular weight is 498 g/mol. The number of nitrogens with zero attached hydrogens (tertiary/aromatic N) is 1. The lowest BCUT2D eigenvalue weighted by Crippen LogP contribution is -2.38. The Bertz CT molecular complexity index is 1150. The average Bonchev–Trinajstić information content (AvgIpc) is 3.00. The number of carbonyl (C=O) groups excluding carboxylic acids is 3. The van der Waals surface area contributed by atoms with Gasteiger partial charge >= 0.3 is 6.03 Å². The molecule has 0 aliphatic carbocycles. The summed E-state index contributed by atoms with van der Waals surface area (Å²) in [6.45, 7) is 1.54. The van der Waals surface area contributed by atoms with Crippen molar-refractivity contribution in [2.24, 2.45) is 0 Å². The molecule has 2 N–H and O–H groups in total. The molecule has 0 atom stereocenters. The second kappa shape index (κ2) is 10.0. The van der Waals surface area contributed by atoms with E-state index in [0.717, 1.165) is 10.5 Å². The smallest absolute Gasteiger partial charge is 0.329 e. The molecule has 8 nitrogen and oxygen atoms in total. The normalized spacial score (nSPS) is 14.2. The Morgan fingerprint density at radius 1 is 1.31 bits per heavy atom. The third kappa shape index (κ3) is 5.28. The highest BCUT2D eigenvalue weighted by molar-refractivity contribution is 9.10. The van der Waals surface area contributed by atoms with Gasteiger partial charge in [0.15, 0.2) is 11.5 Å². The van der Waals surface area contributed by atoms with Crippen molar-refractivity contribution in [3.05, 3.63) is 57.7 Å². The van der Waals surface area contributed by atoms with Gasteiger partial charge in [0.2, 0.25) is 5.91 Å². The molecular weight excluding hydrogens is 478 g/mol. The minimum Gasteiger partial charge on any atom is -0.493 e. The van der Waals surface area contributed by atoms with Gasteiger partial charge in [0.25, 0.3) is 5.91 Å². The molecule has 0 unspecified atom stereocenters. The van der Waals surface area contributed by atoms with Crippen LogP contribution in [0, 0.1) is 19.3 Å². The van der Waals surface area contributed by atoms with Crippen LogP contribution in [-0.2, 0) is 9.59 Å². The Balaban J connectivity index is 1.76. The highest BCUT2D eigenvalue weighted by Crippen LogP contribution is 2.37. The first-order valence-corrected chi connectivity index (χ1v) is 10.3. The van der Waals surface area contributed by atoms with Crippen LogP contribution >= 0.6 is 15.9 Å². The number of rotatable bonds is 7. The number of amides is 4. The molecule has 1 fully saturated rings. The second-order valence-corrected chi connectivity index (χ2v) is 7.68. The molecule has 0 bridgehead atoms. The maximum Gasteiger partial charge on any atom is 0.329 e. The summed E-state index contributed by atoms with van der Waals surface area (Å²) in [7, 11) is 1.47. The zero-order valence-corrected chi connectivity index (χ0v) is 19.0. The van der Waals surface area contributed by atoms with E-state index in [0.29, 0.717) is 27.2 Å². The number of methoxy groups -OCH3 is 1. The van der Waals surface area contributed by atoms with E-state index < -0.39 is 24.4 Å². The lowest BCUT2D eigenvalue weighted by molar-refractivity contribution is -0.127. The Morgan fingerprint density at radius 2 is 2.09 bits per heavy atom. The van der Waals surface area contributed by atoms with Gasteiger partial charge < -0.3 is 20.1 Å². The summed E-state index contributed by atoms with van der Waals surface area (Å²) in [6.07, 6.45) is 6.71. The molecule has 0 saturated carbocycles. The molecule has 2 aromatic rings. The number of nitrogens with one attached hydrogen (secondary N) is 2. The van der Waals surface area contributed by atoms with E-state index in [1.165, 1.54) is 13.2 Å². The summed E-state index contributed by atoms with van der Waals surface area (Å²) in [5.74, 6) is 2.09. The van der Waals surface area contributed by atoms with Crippen LogP contribution in [0.3, 0.4) is 0 Å². The second-order valence-electron chi connectivity index (χ2n) is 6.82. The van der Waals surface area contributed by atoms with Crippen molar-refractivity contribution in [2.45, 2.75) is 6.92 Å². The number of urea groups is 1. The van der Waals surface area contributed by atoms with Crippen LogP contribution in [0.15, 0.2) is 46.6 Å². The highest BCUT2D eigenvalue weighted by Gasteiger charge is 2.35. The minimum atomic E-state index is -0.680. The Labute approximate surface area is 193 Å². The molecule has 32 heavy (non-hydrogen) atoms. The lowest BCUT2D eigenvalue weighted by atomic mass is 10.1. The van der Waals surface area contributed by atoms with Crippen LogP contribution < -0.4 is 20.1 Å². The number of anilines is 1. The zero-order chi connectivity index (χ0) is 23.3. The molecule has 1 aliphatic rings. The van der Waals surface area contributed by atoms with Gasteiger partial charge in [-0.2, -0.15) is 0 Å². The molecule has 0 aromatic heterocycles. The first kappa shape index (κ1) is 22.9. The van der Waals surface area contributed by atoms with Crippen molar-refractivity contribution in [2.75, 3.05) is 25.6 Å². The standard InChI is InChI=1S/C23H20BrN3O5/c1-4-8-32-21-17(24)10-15(12-19(21)31-3)11-18-22(29)27(23(30)26-18)13-20(28)25-16-7-5-6-14(2)9-16/h1,5-7,9-12H,8,13H2,2-3H3,(H,25,28)(H,26,30)/b18-11+. The monoisotopic (exact) mass is 497 g/mol. The number of terminal acetylenes is 1. The third-order valence-electron chi connectivity index (χ3n) is 4.43. The van der Waals surface area contributed by atoms with E-state index in [1.807, 2.05) is 13.0 Å². The van der Waals surface area contributed by atoms with Gasteiger partial charge in [-0.3, -0.25) is 9.59 Å². The topological polar surface area (TPSA) is 97.0 Å². The van der Waals surface area contributed by atoms with Crippen LogP contribution in [0.1, 0.15) is 11.1 Å². The first-order valence-electron chi connectivity index (χ1n) is 9.47. The number of aryl methyl sites for hydroxylation is 1. The highest BCUT2D eigenvalue weighted by atomic mass is 79.9. The Morgan fingerprint density at radius 3 is 2.78 bits per heavy atom. The number of halogens is 1. The first-order chi connectivity index (χ1) is 15.3. The van der Waals surface area contributed by atoms with Gasteiger partial charge in [-0.05, 0) is 64.3 Å². The summed E-state index contributed by atoms with van der Waals surface area (Å²) in [6, 6.07) is 9.85. The Kier molecular flexibility index (Phi) is 7.18.